The molecule has 0 unspecified atom stereocenters. The minimum Gasteiger partial charge on any atom is -0.466 e. The van der Waals surface area contributed by atoms with Gasteiger partial charge in [-0.3, -0.25) is 4.79 Å². The molecule has 0 spiro atoms. The molecular weight excluding hydrogens is 302 g/mol. The van der Waals surface area contributed by atoms with E-state index in [9.17, 15) is 4.79 Å². The fourth-order valence-corrected chi connectivity index (χ4v) is 2.37. The highest BCUT2D eigenvalue weighted by molar-refractivity contribution is 9.08. The maximum atomic E-state index is 11.4. The monoisotopic (exact) mass is 313 g/mol. The van der Waals surface area contributed by atoms with E-state index < -0.39 is 0 Å². The Morgan fingerprint density at radius 2 is 2.18 bits per heavy atom. The fraction of sp³-hybridized carbons (Fsp3) is 0.333. The third kappa shape index (κ3) is 3.76. The van der Waals surface area contributed by atoms with Crippen LogP contribution in [0.1, 0.15) is 23.6 Å². The number of carbonyl (C=O) groups is 1. The Morgan fingerprint density at radius 3 is 2.71 bits per heavy atom. The van der Waals surface area contributed by atoms with Crippen molar-refractivity contribution in [3.8, 4) is 6.07 Å². The van der Waals surface area contributed by atoms with Crippen molar-refractivity contribution in [1.29, 1.82) is 5.26 Å². The normalized spacial score (nSPS) is 9.76. The molecule has 0 aliphatic carbocycles. The van der Waals surface area contributed by atoms with Crippen molar-refractivity contribution in [2.75, 3.05) is 6.61 Å². The zero-order valence-electron chi connectivity index (χ0n) is 9.36. The number of thiol groups is 1. The SMILES string of the molecule is CCOC(=O)Cc1cc(C#N)cc(CBr)c1S. The molecule has 0 aromatic heterocycles. The first-order valence-corrected chi connectivity index (χ1v) is 6.65. The molecule has 0 aliphatic heterocycles. The van der Waals surface area contributed by atoms with Gasteiger partial charge in [0, 0.05) is 10.2 Å². The summed E-state index contributed by atoms with van der Waals surface area (Å²) in [5.41, 5.74) is 2.14. The van der Waals surface area contributed by atoms with E-state index in [4.69, 9.17) is 10.00 Å². The van der Waals surface area contributed by atoms with Crippen LogP contribution in [0.15, 0.2) is 17.0 Å². The molecular formula is C12H12BrNO2S. The van der Waals surface area contributed by atoms with Crippen molar-refractivity contribution in [3.63, 3.8) is 0 Å². The maximum Gasteiger partial charge on any atom is 0.310 e. The molecule has 0 N–H and O–H groups in total. The van der Waals surface area contributed by atoms with Crippen molar-refractivity contribution < 1.29 is 9.53 Å². The molecule has 0 fully saturated rings. The zero-order valence-corrected chi connectivity index (χ0v) is 11.8. The predicted octanol–water partition coefficient (Wildman–Crippen LogP) is 2.85. The molecule has 1 aromatic carbocycles. The summed E-state index contributed by atoms with van der Waals surface area (Å²) in [5, 5.41) is 9.50. The Bertz CT molecular complexity index is 468. The van der Waals surface area contributed by atoms with Gasteiger partial charge in [-0.1, -0.05) is 15.9 Å². The second-order valence-corrected chi connectivity index (χ2v) is 4.38. The molecule has 1 rings (SSSR count). The van der Waals surface area contributed by atoms with E-state index >= 15 is 0 Å². The quantitative estimate of drug-likeness (QED) is 0.528. The first-order valence-electron chi connectivity index (χ1n) is 5.08. The zero-order chi connectivity index (χ0) is 12.8. The van der Waals surface area contributed by atoms with Crippen molar-refractivity contribution in [1.82, 2.24) is 0 Å². The van der Waals surface area contributed by atoms with E-state index in [0.29, 0.717) is 17.5 Å². The summed E-state index contributed by atoms with van der Waals surface area (Å²) in [5.74, 6) is -0.307. The average molecular weight is 314 g/mol. The van der Waals surface area contributed by atoms with Gasteiger partial charge in [0.25, 0.3) is 0 Å². The second kappa shape index (κ2) is 6.67. The summed E-state index contributed by atoms with van der Waals surface area (Å²) in [6.07, 6.45) is 0.141. The lowest BCUT2D eigenvalue weighted by Crippen LogP contribution is -2.09. The van der Waals surface area contributed by atoms with Crippen LogP contribution in [0.4, 0.5) is 0 Å². The molecule has 0 radical (unpaired) electrons. The highest BCUT2D eigenvalue weighted by atomic mass is 79.9. The molecule has 1 aromatic rings. The molecule has 3 nitrogen and oxygen atoms in total. The number of hydrogen-bond donors (Lipinski definition) is 1. The Morgan fingerprint density at radius 1 is 1.53 bits per heavy atom. The van der Waals surface area contributed by atoms with Crippen LogP contribution in [0.25, 0.3) is 0 Å². The molecule has 0 aliphatic rings. The molecule has 5 heteroatoms. The van der Waals surface area contributed by atoms with Crippen LogP contribution in [0.3, 0.4) is 0 Å². The van der Waals surface area contributed by atoms with Gasteiger partial charge in [0.05, 0.1) is 24.7 Å². The molecule has 0 amide bonds. The number of nitriles is 1. The molecule has 0 saturated carbocycles. The van der Waals surface area contributed by atoms with Gasteiger partial charge in [-0.15, -0.1) is 12.6 Å². The number of hydrogen-bond acceptors (Lipinski definition) is 4. The van der Waals surface area contributed by atoms with Crippen LogP contribution in [0.2, 0.25) is 0 Å². The number of esters is 1. The molecule has 0 saturated heterocycles. The van der Waals surface area contributed by atoms with Gasteiger partial charge in [-0.05, 0) is 30.2 Å². The van der Waals surface area contributed by atoms with Crippen LogP contribution in [0, 0.1) is 11.3 Å². The summed E-state index contributed by atoms with van der Waals surface area (Å²) in [6.45, 7) is 2.11. The number of rotatable bonds is 4. The Hall–Kier alpha value is -0.990. The molecule has 17 heavy (non-hydrogen) atoms. The van der Waals surface area contributed by atoms with E-state index in [-0.39, 0.29) is 12.4 Å². The van der Waals surface area contributed by atoms with Crippen molar-refractivity contribution in [3.05, 3.63) is 28.8 Å². The minimum absolute atomic E-state index is 0.141. The molecule has 0 heterocycles. The van der Waals surface area contributed by atoms with Gasteiger partial charge in [0.15, 0.2) is 0 Å². The number of carbonyl (C=O) groups excluding carboxylic acids is 1. The topological polar surface area (TPSA) is 50.1 Å². The van der Waals surface area contributed by atoms with Crippen molar-refractivity contribution in [2.45, 2.75) is 23.6 Å². The Balaban J connectivity index is 3.06. The van der Waals surface area contributed by atoms with Crippen molar-refractivity contribution in [2.24, 2.45) is 0 Å². The Labute approximate surface area is 114 Å². The van der Waals surface area contributed by atoms with Crippen LogP contribution in [-0.2, 0) is 21.3 Å². The number of ether oxygens (including phenoxy) is 1. The molecule has 90 valence electrons. The number of alkyl halides is 1. The van der Waals surface area contributed by atoms with Crippen LogP contribution in [-0.4, -0.2) is 12.6 Å². The van der Waals surface area contributed by atoms with Crippen LogP contribution >= 0.6 is 28.6 Å². The summed E-state index contributed by atoms with van der Waals surface area (Å²) in [7, 11) is 0. The van der Waals surface area contributed by atoms with Crippen LogP contribution in [0.5, 0.6) is 0 Å². The summed E-state index contributed by atoms with van der Waals surface area (Å²) in [4.78, 5) is 12.1. The maximum absolute atomic E-state index is 11.4. The van der Waals surface area contributed by atoms with E-state index in [0.717, 1.165) is 16.0 Å². The highest BCUT2D eigenvalue weighted by Gasteiger charge is 2.11. The van der Waals surface area contributed by atoms with E-state index in [2.05, 4.69) is 34.6 Å². The van der Waals surface area contributed by atoms with E-state index in [1.165, 1.54) is 0 Å². The van der Waals surface area contributed by atoms with E-state index in [1.807, 2.05) is 0 Å². The lowest BCUT2D eigenvalue weighted by molar-refractivity contribution is -0.142. The number of halogens is 1. The van der Waals surface area contributed by atoms with E-state index in [1.54, 1.807) is 19.1 Å². The first kappa shape index (κ1) is 14.1. The minimum atomic E-state index is -0.307. The largest absolute Gasteiger partial charge is 0.466 e. The summed E-state index contributed by atoms with van der Waals surface area (Å²) >= 11 is 7.70. The molecule has 0 atom stereocenters. The standard InChI is InChI=1S/C12H12BrNO2S/c1-2-16-11(15)5-9-3-8(7-14)4-10(6-13)12(9)17/h3-4,17H,2,5-6H2,1H3. The third-order valence-electron chi connectivity index (χ3n) is 2.18. The third-order valence-corrected chi connectivity index (χ3v) is 3.36. The average Bonchev–Trinajstić information content (AvgIpc) is 2.32. The Kier molecular flexibility index (Phi) is 5.52. The van der Waals surface area contributed by atoms with Gasteiger partial charge >= 0.3 is 5.97 Å². The van der Waals surface area contributed by atoms with Crippen molar-refractivity contribution >= 4 is 34.5 Å². The summed E-state index contributed by atoms with van der Waals surface area (Å²) in [6, 6.07) is 5.50. The van der Waals surface area contributed by atoms with Gasteiger partial charge in [0.1, 0.15) is 0 Å². The summed E-state index contributed by atoms with van der Waals surface area (Å²) < 4.78 is 4.88. The van der Waals surface area contributed by atoms with Gasteiger partial charge < -0.3 is 4.74 Å². The lowest BCUT2D eigenvalue weighted by atomic mass is 10.0. The smallest absolute Gasteiger partial charge is 0.310 e. The van der Waals surface area contributed by atoms with Crippen LogP contribution < -0.4 is 0 Å². The van der Waals surface area contributed by atoms with Gasteiger partial charge in [0.2, 0.25) is 0 Å². The molecule has 0 bridgehead atoms. The lowest BCUT2D eigenvalue weighted by Gasteiger charge is -2.09. The first-order chi connectivity index (χ1) is 8.12. The predicted molar refractivity (Wildman–Crippen MR) is 71.4 cm³/mol. The van der Waals surface area contributed by atoms with Gasteiger partial charge in [-0.2, -0.15) is 5.26 Å². The highest BCUT2D eigenvalue weighted by Crippen LogP contribution is 2.24. The van der Waals surface area contributed by atoms with Gasteiger partial charge in [-0.25, -0.2) is 0 Å². The fourth-order valence-electron chi connectivity index (χ4n) is 1.43. The number of nitrogens with zero attached hydrogens (tertiary/aromatic N) is 1. The number of benzene rings is 1. The second-order valence-electron chi connectivity index (χ2n) is 3.37.